The van der Waals surface area contributed by atoms with Crippen LogP contribution in [0.25, 0.3) is 0 Å². The number of aliphatic carboxylic acids is 1. The van der Waals surface area contributed by atoms with Gasteiger partial charge >= 0.3 is 18.2 Å². The second kappa shape index (κ2) is 8.71. The number of hydrogen-bond acceptors (Lipinski definition) is 3. The molecule has 124 valence electrons. The molecule has 0 aliphatic heterocycles. The first-order valence-corrected chi connectivity index (χ1v) is 6.59. The maximum absolute atomic E-state index is 12.6. The van der Waals surface area contributed by atoms with Gasteiger partial charge in [-0.1, -0.05) is 13.3 Å². The zero-order chi connectivity index (χ0) is 16.5. The van der Waals surface area contributed by atoms with Crippen molar-refractivity contribution in [3.63, 3.8) is 0 Å². The Morgan fingerprint density at radius 3 is 2.24 bits per heavy atom. The van der Waals surface area contributed by atoms with Gasteiger partial charge in [-0.3, -0.25) is 0 Å². The zero-order valence-electron chi connectivity index (χ0n) is 12.0. The molecule has 0 aromatic heterocycles. The van der Waals surface area contributed by atoms with Crippen molar-refractivity contribution in [2.24, 2.45) is 0 Å². The van der Waals surface area contributed by atoms with Crippen LogP contribution in [0, 0.1) is 0 Å². The molecule has 0 heterocycles. The van der Waals surface area contributed by atoms with Crippen molar-refractivity contribution in [1.29, 1.82) is 0 Å². The Labute approximate surface area is 121 Å². The molecule has 0 aromatic rings. The van der Waals surface area contributed by atoms with Crippen LogP contribution in [0.1, 0.15) is 33.1 Å². The van der Waals surface area contributed by atoms with Crippen molar-refractivity contribution in [1.82, 2.24) is 10.6 Å². The van der Waals surface area contributed by atoms with Crippen molar-refractivity contribution in [2.75, 3.05) is 19.8 Å². The molecule has 0 rings (SSSR count). The van der Waals surface area contributed by atoms with Crippen LogP contribution in [0.3, 0.4) is 0 Å². The van der Waals surface area contributed by atoms with Gasteiger partial charge in [0.15, 0.2) is 0 Å². The van der Waals surface area contributed by atoms with E-state index in [0.29, 0.717) is 26.6 Å². The van der Waals surface area contributed by atoms with E-state index in [1.165, 1.54) is 5.32 Å². The lowest BCUT2D eigenvalue weighted by Crippen LogP contribution is -2.63. The summed E-state index contributed by atoms with van der Waals surface area (Å²) < 4.78 is 43.1. The Kier molecular flexibility index (Phi) is 8.08. The lowest BCUT2D eigenvalue weighted by Gasteiger charge is -2.28. The van der Waals surface area contributed by atoms with E-state index in [1.807, 2.05) is 6.92 Å². The molecule has 0 bridgehead atoms. The Bertz CT molecular complexity index is 350. The predicted molar refractivity (Wildman–Crippen MR) is 69.0 cm³/mol. The van der Waals surface area contributed by atoms with E-state index in [2.05, 4.69) is 5.32 Å². The molecule has 6 nitrogen and oxygen atoms in total. The van der Waals surface area contributed by atoms with Gasteiger partial charge in [-0.05, 0) is 19.8 Å². The lowest BCUT2D eigenvalue weighted by atomic mass is 10.0. The number of hydrogen-bond donors (Lipinski definition) is 3. The van der Waals surface area contributed by atoms with Gasteiger partial charge in [-0.2, -0.15) is 13.2 Å². The fraction of sp³-hybridized carbons (Fsp3) is 0.833. The fourth-order valence-electron chi connectivity index (χ4n) is 1.24. The number of rotatable bonds is 9. The van der Waals surface area contributed by atoms with Gasteiger partial charge in [0.25, 0.3) is 0 Å². The molecule has 0 radical (unpaired) electrons. The standard InChI is InChI=1S/C12H21F3N2O4/c1-3-4-7-21-8-5-6-16-10(20)17-11(2,9(18)19)12(13,14)15/h3-8H2,1-2H3,(H,18,19)(H2,16,17,20). The highest BCUT2D eigenvalue weighted by atomic mass is 19.4. The number of amides is 2. The van der Waals surface area contributed by atoms with Crippen LogP contribution in [0.15, 0.2) is 0 Å². The average Bonchev–Trinajstić information content (AvgIpc) is 2.36. The molecule has 3 N–H and O–H groups in total. The summed E-state index contributed by atoms with van der Waals surface area (Å²) in [5.41, 5.74) is -3.32. The Hall–Kier alpha value is -1.51. The summed E-state index contributed by atoms with van der Waals surface area (Å²) in [6.45, 7) is 3.45. The fourth-order valence-corrected chi connectivity index (χ4v) is 1.24. The molecule has 1 unspecified atom stereocenters. The molecule has 1 atom stereocenters. The highest BCUT2D eigenvalue weighted by Gasteiger charge is 2.58. The largest absolute Gasteiger partial charge is 0.479 e. The molecule has 0 aliphatic rings. The lowest BCUT2D eigenvalue weighted by molar-refractivity contribution is -0.203. The minimum absolute atomic E-state index is 0.0888. The van der Waals surface area contributed by atoms with E-state index in [0.717, 1.165) is 12.8 Å². The molecule has 9 heteroatoms. The Balaban J connectivity index is 4.10. The van der Waals surface area contributed by atoms with E-state index in [-0.39, 0.29) is 6.54 Å². The summed E-state index contributed by atoms with van der Waals surface area (Å²) in [7, 11) is 0. The summed E-state index contributed by atoms with van der Waals surface area (Å²) in [6, 6.07) is -1.19. The van der Waals surface area contributed by atoms with Gasteiger partial charge in [-0.25, -0.2) is 9.59 Å². The number of nitrogens with one attached hydrogen (secondary N) is 2. The quantitative estimate of drug-likeness (QED) is 0.567. The molecular weight excluding hydrogens is 293 g/mol. The van der Waals surface area contributed by atoms with Gasteiger partial charge in [0, 0.05) is 19.8 Å². The number of ether oxygens (including phenoxy) is 1. The maximum Gasteiger partial charge on any atom is 0.422 e. The number of unbranched alkanes of at least 4 members (excludes halogenated alkanes) is 1. The second-order valence-electron chi connectivity index (χ2n) is 4.63. The minimum atomic E-state index is -5.10. The minimum Gasteiger partial charge on any atom is -0.479 e. The van der Waals surface area contributed by atoms with Crippen LogP contribution in [0.5, 0.6) is 0 Å². The predicted octanol–water partition coefficient (Wildman–Crippen LogP) is 1.90. The molecule has 0 spiro atoms. The summed E-state index contributed by atoms with van der Waals surface area (Å²) in [5, 5.41) is 12.2. The van der Waals surface area contributed by atoms with Crippen molar-refractivity contribution in [2.45, 2.75) is 44.8 Å². The summed E-state index contributed by atoms with van der Waals surface area (Å²) in [5.74, 6) is -2.17. The Morgan fingerprint density at radius 2 is 1.76 bits per heavy atom. The van der Waals surface area contributed by atoms with Crippen molar-refractivity contribution in [3.05, 3.63) is 0 Å². The number of carbonyl (C=O) groups is 2. The van der Waals surface area contributed by atoms with E-state index in [4.69, 9.17) is 9.84 Å². The highest BCUT2D eigenvalue weighted by molar-refractivity contribution is 5.86. The van der Waals surface area contributed by atoms with Gasteiger partial charge in [0.1, 0.15) is 0 Å². The summed E-state index contributed by atoms with van der Waals surface area (Å²) in [6.07, 6.45) is -2.77. The van der Waals surface area contributed by atoms with E-state index in [9.17, 15) is 22.8 Å². The van der Waals surface area contributed by atoms with Gasteiger partial charge < -0.3 is 20.5 Å². The third kappa shape index (κ3) is 6.65. The van der Waals surface area contributed by atoms with Gasteiger partial charge in [0.05, 0.1) is 0 Å². The van der Waals surface area contributed by atoms with Crippen molar-refractivity contribution < 1.29 is 32.6 Å². The Morgan fingerprint density at radius 1 is 1.19 bits per heavy atom. The van der Waals surface area contributed by atoms with Crippen LogP contribution in [0.4, 0.5) is 18.0 Å². The van der Waals surface area contributed by atoms with E-state index < -0.39 is 23.7 Å². The van der Waals surface area contributed by atoms with Gasteiger partial charge in [0.2, 0.25) is 5.54 Å². The molecular formula is C12H21F3N2O4. The number of alkyl halides is 3. The normalized spacial score (nSPS) is 14.3. The number of carbonyl (C=O) groups excluding carboxylic acids is 1. The zero-order valence-corrected chi connectivity index (χ0v) is 12.0. The first-order valence-electron chi connectivity index (χ1n) is 6.59. The van der Waals surface area contributed by atoms with Gasteiger partial charge in [-0.15, -0.1) is 0 Å². The summed E-state index contributed by atoms with van der Waals surface area (Å²) >= 11 is 0. The number of carboxylic acids is 1. The van der Waals surface area contributed by atoms with Crippen LogP contribution < -0.4 is 10.6 Å². The van der Waals surface area contributed by atoms with Crippen molar-refractivity contribution >= 4 is 12.0 Å². The first kappa shape index (κ1) is 19.5. The maximum atomic E-state index is 12.6. The van der Waals surface area contributed by atoms with Crippen LogP contribution in [0.2, 0.25) is 0 Å². The van der Waals surface area contributed by atoms with Crippen LogP contribution in [-0.4, -0.2) is 48.6 Å². The third-order valence-electron chi connectivity index (χ3n) is 2.75. The molecule has 0 saturated carbocycles. The number of carboxylic acid groups (broad SMARTS) is 1. The molecule has 0 aromatic carbocycles. The highest BCUT2D eigenvalue weighted by Crippen LogP contribution is 2.30. The molecule has 2 amide bonds. The van der Waals surface area contributed by atoms with E-state index in [1.54, 1.807) is 0 Å². The molecule has 21 heavy (non-hydrogen) atoms. The SMILES string of the molecule is CCCCOCCCNC(=O)NC(C)(C(=O)O)C(F)(F)F. The molecule has 0 saturated heterocycles. The van der Waals surface area contributed by atoms with Crippen molar-refractivity contribution in [3.8, 4) is 0 Å². The number of halogens is 3. The number of urea groups is 1. The second-order valence-corrected chi connectivity index (χ2v) is 4.63. The monoisotopic (exact) mass is 314 g/mol. The van der Waals surface area contributed by atoms with Crippen LogP contribution >= 0.6 is 0 Å². The third-order valence-corrected chi connectivity index (χ3v) is 2.75. The van der Waals surface area contributed by atoms with E-state index >= 15 is 0 Å². The molecule has 0 aliphatic carbocycles. The smallest absolute Gasteiger partial charge is 0.422 e. The first-order chi connectivity index (χ1) is 9.65. The molecule has 0 fully saturated rings. The topological polar surface area (TPSA) is 87.7 Å². The average molecular weight is 314 g/mol. The van der Waals surface area contributed by atoms with Crippen LogP contribution in [-0.2, 0) is 9.53 Å². The summed E-state index contributed by atoms with van der Waals surface area (Å²) in [4.78, 5) is 22.0.